The fraction of sp³-hybridized carbons (Fsp3) is 0.333. The molecule has 1 N–H and O–H groups in total. The third-order valence-corrected chi connectivity index (χ3v) is 3.72. The molecule has 2 rings (SSSR count). The number of ether oxygens (including phenoxy) is 1. The highest BCUT2D eigenvalue weighted by Gasteiger charge is 1.97. The van der Waals surface area contributed by atoms with Gasteiger partial charge in [0.25, 0.3) is 0 Å². The van der Waals surface area contributed by atoms with Gasteiger partial charge in [0.05, 0.1) is 0 Å². The van der Waals surface area contributed by atoms with E-state index < -0.39 is 0 Å². The van der Waals surface area contributed by atoms with Gasteiger partial charge in [-0.3, -0.25) is 0 Å². The molecule has 0 saturated heterocycles. The molecule has 0 spiro atoms. The van der Waals surface area contributed by atoms with Gasteiger partial charge in [0.1, 0.15) is 12.4 Å². The average molecular weight is 310 g/mol. The van der Waals surface area contributed by atoms with Crippen LogP contribution in [0.2, 0.25) is 0 Å². The topological polar surface area (TPSA) is 29.5 Å². The van der Waals surface area contributed by atoms with Gasteiger partial charge in [0.15, 0.2) is 0 Å². The summed E-state index contributed by atoms with van der Waals surface area (Å²) in [5.74, 6) is 0.914. The third-order valence-electron chi connectivity index (χ3n) is 3.72. The van der Waals surface area contributed by atoms with Crippen molar-refractivity contribution in [2.75, 3.05) is 6.61 Å². The van der Waals surface area contributed by atoms with Crippen LogP contribution >= 0.6 is 0 Å². The van der Waals surface area contributed by atoms with E-state index in [4.69, 9.17) is 9.84 Å². The highest BCUT2D eigenvalue weighted by atomic mass is 16.5. The quantitative estimate of drug-likeness (QED) is 0.499. The van der Waals surface area contributed by atoms with Crippen LogP contribution in [0.15, 0.2) is 66.7 Å². The molecule has 0 saturated carbocycles. The fourth-order valence-electron chi connectivity index (χ4n) is 2.35. The first-order valence-electron chi connectivity index (χ1n) is 8.40. The predicted molar refractivity (Wildman–Crippen MR) is 95.6 cm³/mol. The number of hydrogen-bond acceptors (Lipinski definition) is 2. The number of hydrogen-bond donors (Lipinski definition) is 1. The maximum atomic E-state index is 8.71. The molecule has 0 aliphatic rings. The second-order valence-electron chi connectivity index (χ2n) is 5.65. The van der Waals surface area contributed by atoms with E-state index in [0.717, 1.165) is 37.9 Å². The van der Waals surface area contributed by atoms with Gasteiger partial charge in [-0.2, -0.15) is 0 Å². The minimum Gasteiger partial charge on any atom is -0.489 e. The van der Waals surface area contributed by atoms with Crippen LogP contribution in [0.3, 0.4) is 0 Å². The Bertz CT molecular complexity index is 558. The minimum absolute atomic E-state index is 0.298. The van der Waals surface area contributed by atoms with Gasteiger partial charge in [-0.15, -0.1) is 0 Å². The molecule has 2 heteroatoms. The summed E-state index contributed by atoms with van der Waals surface area (Å²) in [5.41, 5.74) is 2.51. The summed E-state index contributed by atoms with van der Waals surface area (Å²) in [4.78, 5) is 0. The lowest BCUT2D eigenvalue weighted by Gasteiger charge is -2.07. The van der Waals surface area contributed by atoms with Gasteiger partial charge in [-0.1, -0.05) is 54.6 Å². The molecule has 0 amide bonds. The molecule has 0 aliphatic heterocycles. The number of aliphatic hydroxyl groups is 1. The largest absolute Gasteiger partial charge is 0.489 e. The molecular formula is C21H26O2. The lowest BCUT2D eigenvalue weighted by Crippen LogP contribution is -1.95. The average Bonchev–Trinajstić information content (AvgIpc) is 2.61. The maximum absolute atomic E-state index is 8.71. The van der Waals surface area contributed by atoms with Crippen molar-refractivity contribution in [3.05, 3.63) is 77.9 Å². The van der Waals surface area contributed by atoms with Gasteiger partial charge >= 0.3 is 0 Å². The molecule has 0 bridgehead atoms. The Morgan fingerprint density at radius 2 is 1.52 bits per heavy atom. The molecule has 2 aromatic rings. The number of aryl methyl sites for hydroxylation is 1. The Kier molecular flexibility index (Phi) is 7.99. The van der Waals surface area contributed by atoms with Crippen molar-refractivity contribution in [1.82, 2.24) is 0 Å². The number of allylic oxidation sites excluding steroid dienone is 2. The monoisotopic (exact) mass is 310 g/mol. The smallest absolute Gasteiger partial charge is 0.119 e. The van der Waals surface area contributed by atoms with E-state index in [1.807, 2.05) is 30.3 Å². The van der Waals surface area contributed by atoms with Crippen molar-refractivity contribution in [3.63, 3.8) is 0 Å². The summed E-state index contributed by atoms with van der Waals surface area (Å²) < 4.78 is 5.79. The van der Waals surface area contributed by atoms with E-state index in [-0.39, 0.29) is 0 Å². The Hall–Kier alpha value is -2.06. The summed E-state index contributed by atoms with van der Waals surface area (Å²) in [5, 5.41) is 8.71. The second kappa shape index (κ2) is 10.6. The zero-order valence-corrected chi connectivity index (χ0v) is 13.7. The normalized spacial score (nSPS) is 11.0. The molecule has 0 aromatic heterocycles. The zero-order valence-electron chi connectivity index (χ0n) is 13.7. The third kappa shape index (κ3) is 7.16. The molecule has 0 radical (unpaired) electrons. The standard InChI is InChI=1S/C21H26O2/c22-17-9-4-2-1-3-6-10-19-13-15-21(16-14-19)23-18-20-11-7-5-8-12-20/h1,3,5,7-8,11-16,22H,2,4,6,9-10,17-18H2. The first kappa shape index (κ1) is 17.3. The molecule has 2 nitrogen and oxygen atoms in total. The number of unbranched alkanes of at least 4 members (excludes halogenated alkanes) is 2. The first-order valence-corrected chi connectivity index (χ1v) is 8.40. The van der Waals surface area contributed by atoms with Crippen LogP contribution in [0.4, 0.5) is 0 Å². The van der Waals surface area contributed by atoms with Gasteiger partial charge < -0.3 is 9.84 Å². The predicted octanol–water partition coefficient (Wildman–Crippen LogP) is 4.92. The SMILES string of the molecule is OCCCCC=CCCc1ccc(OCc2ccccc2)cc1. The zero-order chi connectivity index (χ0) is 16.2. The van der Waals surface area contributed by atoms with Gasteiger partial charge in [0.2, 0.25) is 0 Å². The number of rotatable bonds is 10. The van der Waals surface area contributed by atoms with E-state index in [9.17, 15) is 0 Å². The van der Waals surface area contributed by atoms with Crippen molar-refractivity contribution in [1.29, 1.82) is 0 Å². The van der Waals surface area contributed by atoms with Crippen molar-refractivity contribution < 1.29 is 9.84 Å². The van der Waals surface area contributed by atoms with E-state index in [1.54, 1.807) is 0 Å². The lowest BCUT2D eigenvalue weighted by molar-refractivity contribution is 0.285. The Labute approximate surface area is 139 Å². The lowest BCUT2D eigenvalue weighted by atomic mass is 10.1. The Morgan fingerprint density at radius 1 is 0.783 bits per heavy atom. The van der Waals surface area contributed by atoms with E-state index >= 15 is 0 Å². The maximum Gasteiger partial charge on any atom is 0.119 e. The molecule has 0 fully saturated rings. The Balaban J connectivity index is 1.68. The Morgan fingerprint density at radius 3 is 2.26 bits per heavy atom. The summed E-state index contributed by atoms with van der Waals surface area (Å²) >= 11 is 0. The van der Waals surface area contributed by atoms with Crippen LogP contribution in [-0.2, 0) is 13.0 Å². The molecule has 23 heavy (non-hydrogen) atoms. The van der Waals surface area contributed by atoms with Crippen LogP contribution in [0, 0.1) is 0 Å². The van der Waals surface area contributed by atoms with E-state index in [0.29, 0.717) is 13.2 Å². The molecular weight excluding hydrogens is 284 g/mol. The summed E-state index contributed by atoms with van der Waals surface area (Å²) in [6.45, 7) is 0.906. The van der Waals surface area contributed by atoms with Gasteiger partial charge in [-0.25, -0.2) is 0 Å². The summed E-state index contributed by atoms with van der Waals surface area (Å²) in [7, 11) is 0. The van der Waals surface area contributed by atoms with Gasteiger partial charge in [0, 0.05) is 6.61 Å². The van der Waals surface area contributed by atoms with Crippen LogP contribution < -0.4 is 4.74 Å². The number of benzene rings is 2. The van der Waals surface area contributed by atoms with Crippen molar-refractivity contribution in [3.8, 4) is 5.75 Å². The summed E-state index contributed by atoms with van der Waals surface area (Å²) in [6, 6.07) is 18.6. The van der Waals surface area contributed by atoms with Crippen molar-refractivity contribution in [2.24, 2.45) is 0 Å². The molecule has 0 atom stereocenters. The van der Waals surface area contributed by atoms with E-state index in [2.05, 4.69) is 36.4 Å². The van der Waals surface area contributed by atoms with Crippen LogP contribution in [0.5, 0.6) is 5.75 Å². The van der Waals surface area contributed by atoms with Crippen LogP contribution in [0.25, 0.3) is 0 Å². The highest BCUT2D eigenvalue weighted by Crippen LogP contribution is 2.15. The molecule has 122 valence electrons. The van der Waals surface area contributed by atoms with Gasteiger partial charge in [-0.05, 0) is 55.4 Å². The molecule has 0 aliphatic carbocycles. The van der Waals surface area contributed by atoms with Crippen molar-refractivity contribution >= 4 is 0 Å². The fourth-order valence-corrected chi connectivity index (χ4v) is 2.35. The molecule has 0 heterocycles. The summed E-state index contributed by atoms with van der Waals surface area (Å²) in [6.07, 6.45) is 9.59. The van der Waals surface area contributed by atoms with E-state index in [1.165, 1.54) is 11.1 Å². The molecule has 2 aromatic carbocycles. The number of aliphatic hydroxyl groups excluding tert-OH is 1. The van der Waals surface area contributed by atoms with Crippen LogP contribution in [-0.4, -0.2) is 11.7 Å². The second-order valence-corrected chi connectivity index (χ2v) is 5.65. The molecule has 0 unspecified atom stereocenters. The minimum atomic E-state index is 0.298. The van der Waals surface area contributed by atoms with Crippen molar-refractivity contribution in [2.45, 2.75) is 38.7 Å². The van der Waals surface area contributed by atoms with Crippen LogP contribution in [0.1, 0.15) is 36.8 Å². The highest BCUT2D eigenvalue weighted by molar-refractivity contribution is 5.28. The first-order chi connectivity index (χ1) is 11.4.